The Balaban J connectivity index is 1.60. The maximum atomic E-state index is 14.2. The summed E-state index contributed by atoms with van der Waals surface area (Å²) >= 11 is 0. The molecule has 7 heteroatoms. The lowest BCUT2D eigenvalue weighted by molar-refractivity contribution is -0.129. The van der Waals surface area contributed by atoms with Crippen LogP contribution >= 0.6 is 0 Å². The number of alkyl halides is 1. The van der Waals surface area contributed by atoms with Crippen molar-refractivity contribution in [3.63, 3.8) is 0 Å². The highest BCUT2D eigenvalue weighted by Gasteiger charge is 2.53. The molecule has 1 unspecified atom stereocenters. The zero-order valence-electron chi connectivity index (χ0n) is 15.1. The second-order valence-electron chi connectivity index (χ2n) is 7.69. The average Bonchev–Trinajstić information content (AvgIpc) is 3.05. The van der Waals surface area contributed by atoms with Crippen molar-refractivity contribution >= 4 is 22.8 Å². The van der Waals surface area contributed by atoms with E-state index < -0.39 is 5.67 Å². The first-order valence-electron chi connectivity index (χ1n) is 9.11. The lowest BCUT2D eigenvalue weighted by Gasteiger charge is -2.38. The molecule has 0 radical (unpaired) electrons. The van der Waals surface area contributed by atoms with Crippen LogP contribution in [0.3, 0.4) is 0 Å². The maximum Gasteiger partial charge on any atom is 0.246 e. The van der Waals surface area contributed by atoms with Gasteiger partial charge in [0.15, 0.2) is 0 Å². The number of fused-ring (bicyclic) bond motifs is 1. The molecule has 2 fully saturated rings. The van der Waals surface area contributed by atoms with E-state index in [1.165, 1.54) is 12.4 Å². The quantitative estimate of drug-likeness (QED) is 0.825. The number of nitrogens with zero attached hydrogens (tertiary/aromatic N) is 3. The zero-order chi connectivity index (χ0) is 18.5. The van der Waals surface area contributed by atoms with Crippen LogP contribution in [0.25, 0.3) is 11.0 Å². The first kappa shape index (κ1) is 17.0. The Morgan fingerprint density at radius 3 is 2.96 bits per heavy atom. The molecule has 1 saturated heterocycles. The molecule has 1 saturated carbocycles. The number of carbonyl (C=O) groups excluding carboxylic acids is 1. The minimum Gasteiger partial charge on any atom is -0.365 e. The molecule has 1 amide bonds. The number of hydrogen-bond acceptors (Lipinski definition) is 4. The van der Waals surface area contributed by atoms with Crippen molar-refractivity contribution in [1.29, 1.82) is 0 Å². The van der Waals surface area contributed by atoms with Crippen molar-refractivity contribution in [1.82, 2.24) is 19.9 Å². The molecule has 2 aromatic rings. The van der Waals surface area contributed by atoms with E-state index >= 15 is 0 Å². The van der Waals surface area contributed by atoms with Crippen LogP contribution in [0.4, 0.5) is 10.2 Å². The third kappa shape index (κ3) is 2.85. The molecule has 138 valence electrons. The van der Waals surface area contributed by atoms with Gasteiger partial charge in [-0.25, -0.2) is 14.4 Å². The summed E-state index contributed by atoms with van der Waals surface area (Å²) in [6, 6.07) is 0.289. The van der Waals surface area contributed by atoms with Crippen molar-refractivity contribution in [2.45, 2.75) is 56.8 Å². The van der Waals surface area contributed by atoms with Gasteiger partial charge in [0.05, 0.1) is 5.39 Å². The monoisotopic (exact) mass is 357 g/mol. The number of aromatic nitrogens is 3. The van der Waals surface area contributed by atoms with Crippen LogP contribution < -0.4 is 5.32 Å². The minimum atomic E-state index is -1.16. The number of hydrogen-bond donors (Lipinski definition) is 2. The summed E-state index contributed by atoms with van der Waals surface area (Å²) < 4.78 is 14.2. The van der Waals surface area contributed by atoms with E-state index in [1.807, 2.05) is 11.1 Å². The predicted molar refractivity (Wildman–Crippen MR) is 98.8 cm³/mol. The minimum absolute atomic E-state index is 0.0506. The van der Waals surface area contributed by atoms with E-state index in [9.17, 15) is 9.18 Å². The van der Waals surface area contributed by atoms with E-state index in [4.69, 9.17) is 0 Å². The molecule has 1 aliphatic heterocycles. The number of rotatable bonds is 4. The summed E-state index contributed by atoms with van der Waals surface area (Å²) in [6.45, 7) is 7.88. The Bertz CT molecular complexity index is 861. The largest absolute Gasteiger partial charge is 0.365 e. The molecule has 0 bridgehead atoms. The van der Waals surface area contributed by atoms with Crippen molar-refractivity contribution in [2.24, 2.45) is 0 Å². The molecule has 2 aromatic heterocycles. The molecule has 1 aliphatic carbocycles. The Kier molecular flexibility index (Phi) is 3.97. The first-order chi connectivity index (χ1) is 12.4. The third-order valence-electron chi connectivity index (χ3n) is 5.73. The highest BCUT2D eigenvalue weighted by Crippen LogP contribution is 2.56. The average molecular weight is 357 g/mol. The van der Waals surface area contributed by atoms with E-state index in [0.29, 0.717) is 24.4 Å². The number of carbonyl (C=O) groups is 1. The number of likely N-dealkylation sites (tertiary alicyclic amines) is 1. The van der Waals surface area contributed by atoms with E-state index in [1.54, 1.807) is 6.92 Å². The molecule has 4 rings (SSSR count). The van der Waals surface area contributed by atoms with E-state index in [2.05, 4.69) is 33.8 Å². The van der Waals surface area contributed by atoms with Gasteiger partial charge >= 0.3 is 0 Å². The van der Waals surface area contributed by atoms with Gasteiger partial charge in [0.1, 0.15) is 23.5 Å². The van der Waals surface area contributed by atoms with Crippen molar-refractivity contribution in [3.8, 4) is 0 Å². The summed E-state index contributed by atoms with van der Waals surface area (Å²) in [5.74, 6) is 0.540. The predicted octanol–water partition coefficient (Wildman–Crippen LogP) is 3.15. The molecule has 4 atom stereocenters. The fraction of sp³-hybridized carbons (Fsp3) is 0.526. The highest BCUT2D eigenvalue weighted by molar-refractivity contribution is 5.91. The first-order valence-corrected chi connectivity index (χ1v) is 9.11. The molecule has 3 heterocycles. The van der Waals surface area contributed by atoms with Crippen LogP contribution in [0.1, 0.15) is 44.6 Å². The lowest BCUT2D eigenvalue weighted by Crippen LogP contribution is -2.49. The number of nitrogens with one attached hydrogen (secondary N) is 2. The Morgan fingerprint density at radius 1 is 1.50 bits per heavy atom. The van der Waals surface area contributed by atoms with Crippen LogP contribution in [-0.4, -0.2) is 50.1 Å². The summed E-state index contributed by atoms with van der Waals surface area (Å²) in [7, 11) is 0. The van der Waals surface area contributed by atoms with Crippen LogP contribution in [0.5, 0.6) is 0 Å². The Hall–Kier alpha value is -2.44. The highest BCUT2D eigenvalue weighted by atomic mass is 19.1. The number of halogens is 1. The van der Waals surface area contributed by atoms with Gasteiger partial charge in [-0.3, -0.25) is 4.79 Å². The van der Waals surface area contributed by atoms with Crippen LogP contribution in [-0.2, 0) is 4.79 Å². The van der Waals surface area contributed by atoms with Gasteiger partial charge in [0, 0.05) is 30.7 Å². The molecular formula is C19H24FN5O. The van der Waals surface area contributed by atoms with Crippen molar-refractivity contribution in [2.75, 3.05) is 11.9 Å². The number of amides is 1. The van der Waals surface area contributed by atoms with Crippen molar-refractivity contribution in [3.05, 3.63) is 30.7 Å². The fourth-order valence-corrected chi connectivity index (χ4v) is 3.99. The summed E-state index contributed by atoms with van der Waals surface area (Å²) in [5, 5.41) is 4.33. The molecule has 2 N–H and O–H groups in total. The SMILES string of the molecule is C=CC(=O)N1C[C@H](Nc2ncnc3[nH]cc([C@@H]4CC4(C)F)c23)CC[C@@H]1C. The standard InChI is InChI=1S/C19H24FN5O/c1-4-15(26)25-9-12(6-5-11(25)2)24-18-16-13(14-7-19(14,3)20)8-21-17(16)22-10-23-18/h4,8,10-12,14H,1,5-7,9H2,2-3H3,(H2,21,22,23,24)/t11-,12+,14-,19?/m0/s1. The van der Waals surface area contributed by atoms with Crippen LogP contribution in [0.15, 0.2) is 25.2 Å². The molecule has 2 aliphatic rings. The Morgan fingerprint density at radius 2 is 2.27 bits per heavy atom. The molecule has 26 heavy (non-hydrogen) atoms. The number of aromatic amines is 1. The molecule has 6 nitrogen and oxygen atoms in total. The zero-order valence-corrected chi connectivity index (χ0v) is 15.1. The lowest BCUT2D eigenvalue weighted by atomic mass is 9.99. The maximum absolute atomic E-state index is 14.2. The van der Waals surface area contributed by atoms with E-state index in [0.717, 1.165) is 23.8 Å². The van der Waals surface area contributed by atoms with Crippen LogP contribution in [0, 0.1) is 0 Å². The van der Waals surface area contributed by atoms with Gasteiger partial charge < -0.3 is 15.2 Å². The summed E-state index contributed by atoms with van der Waals surface area (Å²) in [4.78, 5) is 25.7. The van der Waals surface area contributed by atoms with E-state index in [-0.39, 0.29) is 23.9 Å². The summed E-state index contributed by atoms with van der Waals surface area (Å²) in [6.07, 6.45) is 7.09. The molecular weight excluding hydrogens is 333 g/mol. The summed E-state index contributed by atoms with van der Waals surface area (Å²) in [5.41, 5.74) is 0.482. The smallest absolute Gasteiger partial charge is 0.246 e. The topological polar surface area (TPSA) is 73.9 Å². The third-order valence-corrected chi connectivity index (χ3v) is 5.73. The van der Waals surface area contributed by atoms with Gasteiger partial charge in [0.25, 0.3) is 0 Å². The second-order valence-corrected chi connectivity index (χ2v) is 7.69. The van der Waals surface area contributed by atoms with Gasteiger partial charge in [-0.2, -0.15) is 0 Å². The van der Waals surface area contributed by atoms with Gasteiger partial charge in [-0.15, -0.1) is 0 Å². The van der Waals surface area contributed by atoms with Crippen molar-refractivity contribution < 1.29 is 9.18 Å². The van der Waals surface area contributed by atoms with Gasteiger partial charge in [-0.1, -0.05) is 6.58 Å². The normalized spacial score (nSPS) is 31.0. The van der Waals surface area contributed by atoms with Crippen LogP contribution in [0.2, 0.25) is 0 Å². The molecule has 0 spiro atoms. The van der Waals surface area contributed by atoms with Gasteiger partial charge in [0.2, 0.25) is 5.91 Å². The Labute approximate surface area is 151 Å². The molecule has 0 aromatic carbocycles. The van der Waals surface area contributed by atoms with Gasteiger partial charge in [-0.05, 0) is 44.7 Å². The number of anilines is 1. The number of piperidine rings is 1. The second kappa shape index (κ2) is 6.07. The number of H-pyrrole nitrogens is 1. The fourth-order valence-electron chi connectivity index (χ4n) is 3.99.